The van der Waals surface area contributed by atoms with Crippen LogP contribution in [0.4, 0.5) is 0 Å². The Morgan fingerprint density at radius 1 is 1.12 bits per heavy atom. The molecule has 0 amide bonds. The minimum Gasteiger partial charge on any atom is -0.497 e. The van der Waals surface area contributed by atoms with E-state index in [2.05, 4.69) is 6.58 Å². The molecule has 0 aliphatic carbocycles. The summed E-state index contributed by atoms with van der Waals surface area (Å²) in [6.07, 6.45) is -0.543. The molecule has 0 aliphatic rings. The van der Waals surface area contributed by atoms with Gasteiger partial charge in [0.25, 0.3) is 0 Å². The largest absolute Gasteiger partial charge is 0.497 e. The van der Waals surface area contributed by atoms with Crippen LogP contribution in [0.15, 0.2) is 61.2 Å². The van der Waals surface area contributed by atoms with Crippen molar-refractivity contribution >= 4 is 11.5 Å². The Morgan fingerprint density at radius 3 is 2.54 bits per heavy atom. The zero-order valence-electron chi connectivity index (χ0n) is 14.0. The number of carbonyl (C=O) groups excluding carboxylic acids is 1. The van der Waals surface area contributed by atoms with Crippen LogP contribution in [0.2, 0.25) is 0 Å². The van der Waals surface area contributed by atoms with Crippen LogP contribution in [0, 0.1) is 0 Å². The van der Waals surface area contributed by atoms with Crippen LogP contribution >= 0.6 is 0 Å². The van der Waals surface area contributed by atoms with Crippen molar-refractivity contribution in [3.05, 3.63) is 72.3 Å². The lowest BCUT2D eigenvalue weighted by molar-refractivity contribution is -0.146. The molecule has 2 rings (SSSR count). The first-order chi connectivity index (χ1) is 11.6. The molecule has 126 valence electrons. The monoisotopic (exact) mass is 326 g/mol. The summed E-state index contributed by atoms with van der Waals surface area (Å²) in [5.41, 5.74) is 2.59. The van der Waals surface area contributed by atoms with Gasteiger partial charge in [-0.25, -0.2) is 0 Å². The number of hydrogen-bond acceptors (Lipinski definition) is 4. The fourth-order valence-corrected chi connectivity index (χ4v) is 2.27. The summed E-state index contributed by atoms with van der Waals surface area (Å²) in [5.74, 6) is 0.354. The third-order valence-electron chi connectivity index (χ3n) is 3.52. The van der Waals surface area contributed by atoms with Crippen LogP contribution in [-0.4, -0.2) is 25.8 Å². The van der Waals surface area contributed by atoms with E-state index in [1.807, 2.05) is 54.6 Å². The molecule has 0 aromatic heterocycles. The molecule has 0 saturated heterocycles. The lowest BCUT2D eigenvalue weighted by Crippen LogP contribution is -2.23. The third kappa shape index (κ3) is 5.25. The maximum atomic E-state index is 11.4. The highest BCUT2D eigenvalue weighted by molar-refractivity contribution is 5.73. The van der Waals surface area contributed by atoms with Gasteiger partial charge in [0.15, 0.2) is 6.10 Å². The molecule has 0 spiro atoms. The van der Waals surface area contributed by atoms with Gasteiger partial charge < -0.3 is 14.2 Å². The van der Waals surface area contributed by atoms with E-state index >= 15 is 0 Å². The van der Waals surface area contributed by atoms with Gasteiger partial charge in [-0.2, -0.15) is 0 Å². The molecular weight excluding hydrogens is 304 g/mol. The Kier molecular flexibility index (Phi) is 6.58. The second-order valence-electron chi connectivity index (χ2n) is 5.36. The van der Waals surface area contributed by atoms with Crippen molar-refractivity contribution in [1.82, 2.24) is 0 Å². The summed E-state index contributed by atoms with van der Waals surface area (Å²) in [4.78, 5) is 11.4. The first-order valence-electron chi connectivity index (χ1n) is 7.72. The van der Waals surface area contributed by atoms with Crippen molar-refractivity contribution in [2.75, 3.05) is 13.7 Å². The van der Waals surface area contributed by atoms with Gasteiger partial charge in [0.2, 0.25) is 0 Å². The maximum Gasteiger partial charge on any atom is 0.303 e. The molecule has 1 unspecified atom stereocenters. The highest BCUT2D eigenvalue weighted by Gasteiger charge is 2.18. The van der Waals surface area contributed by atoms with Crippen molar-refractivity contribution in [1.29, 1.82) is 0 Å². The Bertz CT molecular complexity index is 679. The number of methoxy groups -OCH3 is 1. The van der Waals surface area contributed by atoms with E-state index in [1.165, 1.54) is 6.92 Å². The predicted molar refractivity (Wildman–Crippen MR) is 93.7 cm³/mol. The van der Waals surface area contributed by atoms with E-state index in [-0.39, 0.29) is 12.6 Å². The average molecular weight is 326 g/mol. The molecule has 0 saturated carbocycles. The molecule has 0 fully saturated rings. The first kappa shape index (κ1) is 17.8. The summed E-state index contributed by atoms with van der Waals surface area (Å²) < 4.78 is 16.3. The number of benzene rings is 2. The van der Waals surface area contributed by atoms with Crippen molar-refractivity contribution in [3.8, 4) is 5.75 Å². The molecule has 0 bridgehead atoms. The second kappa shape index (κ2) is 8.89. The highest BCUT2D eigenvalue weighted by atomic mass is 16.6. The van der Waals surface area contributed by atoms with E-state index in [1.54, 1.807) is 7.11 Å². The minimum atomic E-state index is -0.543. The molecule has 4 heteroatoms. The molecule has 0 aliphatic heterocycles. The quantitative estimate of drug-likeness (QED) is 0.691. The summed E-state index contributed by atoms with van der Waals surface area (Å²) in [7, 11) is 1.61. The molecule has 4 nitrogen and oxygen atoms in total. The third-order valence-corrected chi connectivity index (χ3v) is 3.52. The lowest BCUT2D eigenvalue weighted by Gasteiger charge is -2.20. The van der Waals surface area contributed by atoms with Crippen LogP contribution in [0.3, 0.4) is 0 Å². The summed E-state index contributed by atoms with van der Waals surface area (Å²) in [6, 6.07) is 17.3. The molecule has 0 radical (unpaired) electrons. The van der Waals surface area contributed by atoms with Gasteiger partial charge in [-0.1, -0.05) is 49.0 Å². The smallest absolute Gasteiger partial charge is 0.303 e. The summed E-state index contributed by atoms with van der Waals surface area (Å²) in [6.45, 7) is 6.13. The fourth-order valence-electron chi connectivity index (χ4n) is 2.27. The summed E-state index contributed by atoms with van der Waals surface area (Å²) >= 11 is 0. The van der Waals surface area contributed by atoms with Gasteiger partial charge in [0, 0.05) is 6.92 Å². The number of carbonyl (C=O) groups is 1. The summed E-state index contributed by atoms with van der Waals surface area (Å²) in [5, 5.41) is 0. The van der Waals surface area contributed by atoms with E-state index in [9.17, 15) is 4.79 Å². The SMILES string of the molecule is C=C(c1cccc(OC)c1)C(COCc1ccccc1)OC(C)=O. The van der Waals surface area contributed by atoms with E-state index < -0.39 is 6.10 Å². The molecular formula is C20H22O4. The Hall–Kier alpha value is -2.59. The normalized spacial score (nSPS) is 11.6. The second-order valence-corrected chi connectivity index (χ2v) is 5.36. The predicted octanol–water partition coefficient (Wildman–Crippen LogP) is 3.86. The van der Waals surface area contributed by atoms with Gasteiger partial charge in [-0.05, 0) is 28.8 Å². The van der Waals surface area contributed by atoms with Crippen LogP contribution in [-0.2, 0) is 20.9 Å². The van der Waals surface area contributed by atoms with Gasteiger partial charge >= 0.3 is 5.97 Å². The van der Waals surface area contributed by atoms with E-state index in [4.69, 9.17) is 14.2 Å². The van der Waals surface area contributed by atoms with Gasteiger partial charge in [-0.15, -0.1) is 0 Å². The molecule has 0 N–H and O–H groups in total. The number of esters is 1. The zero-order chi connectivity index (χ0) is 17.4. The molecule has 2 aromatic rings. The maximum absolute atomic E-state index is 11.4. The van der Waals surface area contributed by atoms with Gasteiger partial charge in [0.05, 0.1) is 20.3 Å². The molecule has 2 aromatic carbocycles. The van der Waals surface area contributed by atoms with Crippen LogP contribution < -0.4 is 4.74 Å². The minimum absolute atomic E-state index is 0.241. The Morgan fingerprint density at radius 2 is 1.88 bits per heavy atom. The standard InChI is InChI=1S/C20H22O4/c1-15(18-10-7-11-19(12-18)22-3)20(24-16(2)21)14-23-13-17-8-5-4-6-9-17/h4-12,20H,1,13-14H2,2-3H3. The Balaban J connectivity index is 2.03. The van der Waals surface area contributed by atoms with Crippen LogP contribution in [0.1, 0.15) is 18.1 Å². The average Bonchev–Trinajstić information content (AvgIpc) is 2.61. The Labute approximate surface area is 142 Å². The molecule has 24 heavy (non-hydrogen) atoms. The number of ether oxygens (including phenoxy) is 3. The van der Waals surface area contributed by atoms with Gasteiger partial charge in [0.1, 0.15) is 5.75 Å². The van der Waals surface area contributed by atoms with E-state index in [0.717, 1.165) is 16.9 Å². The van der Waals surface area contributed by atoms with Crippen molar-refractivity contribution in [2.24, 2.45) is 0 Å². The fraction of sp³-hybridized carbons (Fsp3) is 0.250. The number of hydrogen-bond donors (Lipinski definition) is 0. The van der Waals surface area contributed by atoms with E-state index in [0.29, 0.717) is 12.2 Å². The van der Waals surface area contributed by atoms with Crippen molar-refractivity contribution in [2.45, 2.75) is 19.6 Å². The number of rotatable bonds is 8. The van der Waals surface area contributed by atoms with Crippen molar-refractivity contribution in [3.63, 3.8) is 0 Å². The van der Waals surface area contributed by atoms with Crippen LogP contribution in [0.25, 0.3) is 5.57 Å². The van der Waals surface area contributed by atoms with Crippen molar-refractivity contribution < 1.29 is 19.0 Å². The molecule has 1 atom stereocenters. The van der Waals surface area contributed by atoms with Crippen LogP contribution in [0.5, 0.6) is 5.75 Å². The lowest BCUT2D eigenvalue weighted by atomic mass is 10.0. The topological polar surface area (TPSA) is 44.8 Å². The highest BCUT2D eigenvalue weighted by Crippen LogP contribution is 2.23. The van der Waals surface area contributed by atoms with Gasteiger partial charge in [-0.3, -0.25) is 4.79 Å². The first-order valence-corrected chi connectivity index (χ1v) is 7.72. The molecule has 0 heterocycles. The zero-order valence-corrected chi connectivity index (χ0v) is 14.0.